The van der Waals surface area contributed by atoms with Crippen LogP contribution in [-0.2, 0) is 0 Å². The first-order valence-corrected chi connectivity index (χ1v) is 5.87. The number of rotatable bonds is 4. The average molecular weight is 248 g/mol. The van der Waals surface area contributed by atoms with Gasteiger partial charge in [-0.15, -0.1) is 6.42 Å². The summed E-state index contributed by atoms with van der Waals surface area (Å²) in [5.41, 5.74) is -0.261. The molecule has 0 spiro atoms. The molecule has 4 heteroatoms. The van der Waals surface area contributed by atoms with Crippen LogP contribution in [0.4, 0.5) is 14.9 Å². The maximum atomic E-state index is 12.9. The Balaban J connectivity index is 2.70. The third-order valence-electron chi connectivity index (χ3n) is 2.92. The van der Waals surface area contributed by atoms with Crippen molar-refractivity contribution in [3.05, 3.63) is 30.1 Å². The molecule has 0 aliphatic carbocycles. The van der Waals surface area contributed by atoms with Gasteiger partial charge in [-0.1, -0.05) is 25.8 Å². The van der Waals surface area contributed by atoms with Crippen molar-refractivity contribution in [2.75, 3.05) is 5.32 Å². The number of benzene rings is 1. The second-order valence-corrected chi connectivity index (χ2v) is 4.02. The Bertz CT molecular complexity index is 461. The van der Waals surface area contributed by atoms with Gasteiger partial charge in [-0.05, 0) is 31.0 Å². The van der Waals surface area contributed by atoms with E-state index >= 15 is 0 Å². The van der Waals surface area contributed by atoms with Crippen LogP contribution < -0.4 is 10.6 Å². The van der Waals surface area contributed by atoms with Crippen molar-refractivity contribution in [2.24, 2.45) is 0 Å². The first kappa shape index (κ1) is 14.0. The van der Waals surface area contributed by atoms with Crippen molar-refractivity contribution >= 4 is 11.7 Å². The molecule has 1 aromatic rings. The summed E-state index contributed by atoms with van der Waals surface area (Å²) in [6.45, 7) is 3.82. The van der Waals surface area contributed by atoms with Crippen molar-refractivity contribution in [2.45, 2.75) is 32.2 Å². The Hall–Kier alpha value is -2.02. The molecule has 0 aliphatic heterocycles. The lowest BCUT2D eigenvalue weighted by molar-refractivity contribution is 0.242. The molecule has 2 N–H and O–H groups in total. The van der Waals surface area contributed by atoms with Gasteiger partial charge >= 0.3 is 6.03 Å². The van der Waals surface area contributed by atoms with Crippen molar-refractivity contribution in [3.63, 3.8) is 0 Å². The minimum Gasteiger partial charge on any atom is -0.322 e. The highest BCUT2D eigenvalue weighted by molar-refractivity contribution is 5.90. The molecule has 96 valence electrons. The van der Waals surface area contributed by atoms with E-state index in [1.165, 1.54) is 18.2 Å². The average Bonchev–Trinajstić information content (AvgIpc) is 2.36. The van der Waals surface area contributed by atoms with Gasteiger partial charge in [-0.3, -0.25) is 0 Å². The number of hydrogen-bond acceptors (Lipinski definition) is 1. The normalized spacial score (nSPS) is 10.6. The molecule has 0 aliphatic rings. The summed E-state index contributed by atoms with van der Waals surface area (Å²) in [5, 5.41) is 5.29. The maximum Gasteiger partial charge on any atom is 0.320 e. The van der Waals surface area contributed by atoms with Crippen molar-refractivity contribution < 1.29 is 9.18 Å². The molecule has 1 aromatic carbocycles. The van der Waals surface area contributed by atoms with E-state index in [1.807, 2.05) is 13.8 Å². The summed E-state index contributed by atoms with van der Waals surface area (Å²) in [6.07, 6.45) is 6.71. The van der Waals surface area contributed by atoms with Crippen LogP contribution in [-0.4, -0.2) is 11.6 Å². The highest BCUT2D eigenvalue weighted by Gasteiger charge is 2.25. The monoisotopic (exact) mass is 248 g/mol. The lowest BCUT2D eigenvalue weighted by atomic mass is 9.94. The Morgan fingerprint density at radius 3 is 2.61 bits per heavy atom. The smallest absolute Gasteiger partial charge is 0.320 e. The third-order valence-corrected chi connectivity index (χ3v) is 2.92. The second kappa shape index (κ2) is 6.06. The van der Waals surface area contributed by atoms with Crippen molar-refractivity contribution in [1.29, 1.82) is 0 Å². The van der Waals surface area contributed by atoms with Gasteiger partial charge in [0.15, 0.2) is 0 Å². The molecule has 3 nitrogen and oxygen atoms in total. The number of anilines is 1. The Kier molecular flexibility index (Phi) is 4.73. The summed E-state index contributed by atoms with van der Waals surface area (Å²) in [6, 6.07) is 5.27. The third kappa shape index (κ3) is 3.49. The van der Waals surface area contributed by atoms with E-state index in [9.17, 15) is 9.18 Å². The topological polar surface area (TPSA) is 41.1 Å². The van der Waals surface area contributed by atoms with E-state index in [0.29, 0.717) is 18.5 Å². The summed E-state index contributed by atoms with van der Waals surface area (Å²) >= 11 is 0. The van der Waals surface area contributed by atoms with Crippen molar-refractivity contribution in [1.82, 2.24) is 5.32 Å². The minimum atomic E-state index is -0.655. The number of hydrogen-bond donors (Lipinski definition) is 2. The molecule has 0 radical (unpaired) electrons. The summed E-state index contributed by atoms with van der Waals surface area (Å²) in [5.74, 6) is 2.20. The van der Waals surface area contributed by atoms with Crippen LogP contribution in [0.2, 0.25) is 0 Å². The van der Waals surface area contributed by atoms with Gasteiger partial charge in [0, 0.05) is 5.69 Å². The number of halogens is 1. The molecule has 0 heterocycles. The zero-order chi connectivity index (χ0) is 13.6. The van der Waals surface area contributed by atoms with E-state index in [0.717, 1.165) is 0 Å². The quantitative estimate of drug-likeness (QED) is 0.790. The fraction of sp³-hybridized carbons (Fsp3) is 0.357. The number of carbonyl (C=O) groups is 1. The van der Waals surface area contributed by atoms with Gasteiger partial charge in [-0.2, -0.15) is 0 Å². The second-order valence-electron chi connectivity index (χ2n) is 4.02. The minimum absolute atomic E-state index is 0.394. The van der Waals surface area contributed by atoms with Crippen LogP contribution in [0.25, 0.3) is 0 Å². The molecule has 0 bridgehead atoms. The Labute approximate surface area is 107 Å². The predicted octanol–water partition coefficient (Wildman–Crippen LogP) is 3.14. The van der Waals surface area contributed by atoms with Crippen LogP contribution in [0.1, 0.15) is 26.7 Å². The number of amides is 2. The lowest BCUT2D eigenvalue weighted by Gasteiger charge is -2.27. The fourth-order valence-electron chi connectivity index (χ4n) is 1.61. The van der Waals surface area contributed by atoms with Crippen molar-refractivity contribution in [3.8, 4) is 12.3 Å². The largest absolute Gasteiger partial charge is 0.322 e. The van der Waals surface area contributed by atoms with Gasteiger partial charge in [0.1, 0.15) is 11.4 Å². The standard InChI is InChI=1S/C14H17FN2O/c1-4-14(5-2,6-3)17-13(18)16-12-9-7-8-11(15)10-12/h1,7-10H,5-6H2,2-3H3,(H2,16,17,18). The maximum absolute atomic E-state index is 12.9. The molecule has 2 amide bonds. The fourth-order valence-corrected chi connectivity index (χ4v) is 1.61. The molecule has 0 saturated heterocycles. The Morgan fingerprint density at radius 1 is 1.44 bits per heavy atom. The van der Waals surface area contributed by atoms with Crippen LogP contribution in [0.3, 0.4) is 0 Å². The Morgan fingerprint density at radius 2 is 2.11 bits per heavy atom. The molecule has 0 fully saturated rings. The molecule has 1 rings (SSSR count). The molecule has 0 unspecified atom stereocenters. The summed E-state index contributed by atoms with van der Waals surface area (Å²) in [7, 11) is 0. The number of urea groups is 1. The van der Waals surface area contributed by atoms with Crippen LogP contribution in [0, 0.1) is 18.2 Å². The predicted molar refractivity (Wildman–Crippen MR) is 70.7 cm³/mol. The van der Waals surface area contributed by atoms with Crippen LogP contribution in [0.15, 0.2) is 24.3 Å². The summed E-state index contributed by atoms with van der Waals surface area (Å²) in [4.78, 5) is 11.8. The van der Waals surface area contributed by atoms with E-state index in [2.05, 4.69) is 16.6 Å². The highest BCUT2D eigenvalue weighted by atomic mass is 19.1. The molecular weight excluding hydrogens is 231 g/mol. The molecule has 18 heavy (non-hydrogen) atoms. The number of carbonyl (C=O) groups excluding carboxylic acids is 1. The van der Waals surface area contributed by atoms with Gasteiger partial charge in [0.05, 0.1) is 0 Å². The first-order valence-electron chi connectivity index (χ1n) is 5.87. The van der Waals surface area contributed by atoms with Crippen LogP contribution >= 0.6 is 0 Å². The van der Waals surface area contributed by atoms with E-state index in [4.69, 9.17) is 6.42 Å². The zero-order valence-electron chi connectivity index (χ0n) is 10.6. The molecular formula is C14H17FN2O. The molecule has 0 saturated carbocycles. The lowest BCUT2D eigenvalue weighted by Crippen LogP contribution is -2.48. The van der Waals surface area contributed by atoms with Gasteiger partial charge < -0.3 is 10.6 Å². The van der Waals surface area contributed by atoms with Gasteiger partial charge in [0.2, 0.25) is 0 Å². The molecule has 0 atom stereocenters. The number of nitrogens with one attached hydrogen (secondary N) is 2. The zero-order valence-corrected chi connectivity index (χ0v) is 10.6. The van der Waals surface area contributed by atoms with Gasteiger partial charge in [0.25, 0.3) is 0 Å². The SMILES string of the molecule is C#CC(CC)(CC)NC(=O)Nc1cccc(F)c1. The highest BCUT2D eigenvalue weighted by Crippen LogP contribution is 2.14. The van der Waals surface area contributed by atoms with E-state index in [1.54, 1.807) is 6.07 Å². The summed E-state index contributed by atoms with van der Waals surface area (Å²) < 4.78 is 12.9. The number of terminal acetylenes is 1. The van der Waals surface area contributed by atoms with E-state index < -0.39 is 17.4 Å². The first-order chi connectivity index (χ1) is 8.55. The van der Waals surface area contributed by atoms with E-state index in [-0.39, 0.29) is 0 Å². The van der Waals surface area contributed by atoms with Crippen LogP contribution in [0.5, 0.6) is 0 Å². The molecule has 0 aromatic heterocycles. The van der Waals surface area contributed by atoms with Gasteiger partial charge in [-0.25, -0.2) is 9.18 Å².